The number of anilines is 1. The van der Waals surface area contributed by atoms with E-state index in [1.54, 1.807) is 25.1 Å². The Kier molecular flexibility index (Phi) is 5.45. The average molecular weight is 272 g/mol. The number of carbonyl (C=O) groups excluding carboxylic acids is 2. The van der Waals surface area contributed by atoms with Gasteiger partial charge in [-0.2, -0.15) is 0 Å². The Morgan fingerprint density at radius 2 is 2.11 bits per heavy atom. The molecule has 0 aliphatic heterocycles. The topological polar surface area (TPSA) is 64.6 Å². The number of esters is 1. The fourth-order valence-corrected chi connectivity index (χ4v) is 1.48. The normalized spacial score (nSPS) is 9.72. The zero-order chi connectivity index (χ0) is 13.5. The molecule has 0 radical (unpaired) electrons. The van der Waals surface area contributed by atoms with Crippen molar-refractivity contribution in [3.8, 4) is 5.75 Å². The standard InChI is InChI=1S/C12H14ClNO4/c1-3-18-12(16)7-11(15)14-10-5-4-8(17-2)6-9(10)13/h4-6H,3,7H2,1-2H3,(H,14,15). The molecule has 0 saturated heterocycles. The molecule has 0 bridgehead atoms. The van der Waals surface area contributed by atoms with E-state index in [9.17, 15) is 9.59 Å². The van der Waals surface area contributed by atoms with E-state index in [-0.39, 0.29) is 13.0 Å². The second kappa shape index (κ2) is 6.86. The fourth-order valence-electron chi connectivity index (χ4n) is 1.26. The quantitative estimate of drug-likeness (QED) is 0.659. The van der Waals surface area contributed by atoms with Crippen molar-refractivity contribution in [2.45, 2.75) is 13.3 Å². The van der Waals surface area contributed by atoms with Crippen LogP contribution in [0.1, 0.15) is 13.3 Å². The SMILES string of the molecule is CCOC(=O)CC(=O)Nc1ccc(OC)cc1Cl. The van der Waals surface area contributed by atoms with Crippen LogP contribution in [-0.2, 0) is 14.3 Å². The van der Waals surface area contributed by atoms with E-state index in [2.05, 4.69) is 10.1 Å². The van der Waals surface area contributed by atoms with Crippen molar-refractivity contribution in [1.82, 2.24) is 0 Å². The molecule has 0 fully saturated rings. The van der Waals surface area contributed by atoms with E-state index in [0.29, 0.717) is 16.5 Å². The Balaban J connectivity index is 2.62. The monoisotopic (exact) mass is 271 g/mol. The summed E-state index contributed by atoms with van der Waals surface area (Å²) < 4.78 is 9.64. The average Bonchev–Trinajstić information content (AvgIpc) is 2.31. The van der Waals surface area contributed by atoms with Crippen molar-refractivity contribution in [1.29, 1.82) is 0 Å². The first-order valence-electron chi connectivity index (χ1n) is 5.35. The minimum atomic E-state index is -0.570. The van der Waals surface area contributed by atoms with Gasteiger partial charge < -0.3 is 14.8 Å². The van der Waals surface area contributed by atoms with Crippen LogP contribution in [0.25, 0.3) is 0 Å². The summed E-state index contributed by atoms with van der Waals surface area (Å²) in [4.78, 5) is 22.6. The van der Waals surface area contributed by atoms with Crippen LogP contribution in [0.3, 0.4) is 0 Å². The van der Waals surface area contributed by atoms with Gasteiger partial charge in [0, 0.05) is 6.07 Å². The number of rotatable bonds is 5. The third-order valence-electron chi connectivity index (χ3n) is 2.06. The smallest absolute Gasteiger partial charge is 0.315 e. The van der Waals surface area contributed by atoms with Gasteiger partial charge >= 0.3 is 5.97 Å². The number of nitrogens with one attached hydrogen (secondary N) is 1. The predicted molar refractivity (Wildman–Crippen MR) is 67.9 cm³/mol. The van der Waals surface area contributed by atoms with Crippen molar-refractivity contribution in [2.75, 3.05) is 19.0 Å². The minimum absolute atomic E-state index is 0.245. The lowest BCUT2D eigenvalue weighted by atomic mass is 10.3. The maximum absolute atomic E-state index is 11.5. The van der Waals surface area contributed by atoms with Gasteiger partial charge in [0.05, 0.1) is 24.4 Å². The number of carbonyl (C=O) groups is 2. The highest BCUT2D eigenvalue weighted by molar-refractivity contribution is 6.34. The van der Waals surface area contributed by atoms with Crippen molar-refractivity contribution in [2.24, 2.45) is 0 Å². The van der Waals surface area contributed by atoms with Gasteiger partial charge in [0.2, 0.25) is 5.91 Å². The molecule has 0 unspecified atom stereocenters. The number of hydrogen-bond donors (Lipinski definition) is 1. The molecule has 0 aromatic heterocycles. The molecule has 0 saturated carbocycles. The van der Waals surface area contributed by atoms with E-state index in [1.807, 2.05) is 0 Å². The second-order valence-electron chi connectivity index (χ2n) is 3.38. The highest BCUT2D eigenvalue weighted by Crippen LogP contribution is 2.26. The molecule has 1 aromatic rings. The molecular formula is C12H14ClNO4. The molecule has 5 nitrogen and oxygen atoms in total. The lowest BCUT2D eigenvalue weighted by Gasteiger charge is -2.08. The first-order chi connectivity index (χ1) is 8.56. The summed E-state index contributed by atoms with van der Waals surface area (Å²) in [6.45, 7) is 1.92. The largest absolute Gasteiger partial charge is 0.497 e. The number of methoxy groups -OCH3 is 1. The molecule has 1 rings (SSSR count). The van der Waals surface area contributed by atoms with Crippen molar-refractivity contribution in [3.05, 3.63) is 23.2 Å². The van der Waals surface area contributed by atoms with Crippen LogP contribution in [0.5, 0.6) is 5.75 Å². The number of hydrogen-bond acceptors (Lipinski definition) is 4. The third kappa shape index (κ3) is 4.25. The van der Waals surface area contributed by atoms with Crippen LogP contribution in [0, 0.1) is 0 Å². The molecule has 1 aromatic carbocycles. The molecule has 18 heavy (non-hydrogen) atoms. The molecule has 6 heteroatoms. The third-order valence-corrected chi connectivity index (χ3v) is 2.37. The summed E-state index contributed by atoms with van der Waals surface area (Å²) in [6, 6.07) is 4.83. The van der Waals surface area contributed by atoms with Crippen LogP contribution in [-0.4, -0.2) is 25.6 Å². The summed E-state index contributed by atoms with van der Waals surface area (Å²) in [6.07, 6.45) is -0.337. The summed E-state index contributed by atoms with van der Waals surface area (Å²) in [5.41, 5.74) is 0.423. The first kappa shape index (κ1) is 14.3. The Morgan fingerprint density at radius 3 is 2.67 bits per heavy atom. The molecular weight excluding hydrogens is 258 g/mol. The number of halogens is 1. The van der Waals surface area contributed by atoms with Crippen LogP contribution in [0.15, 0.2) is 18.2 Å². The summed E-state index contributed by atoms with van der Waals surface area (Å²) in [7, 11) is 1.52. The van der Waals surface area contributed by atoms with Gasteiger partial charge in [-0.3, -0.25) is 9.59 Å². The van der Waals surface area contributed by atoms with E-state index in [1.165, 1.54) is 7.11 Å². The fraction of sp³-hybridized carbons (Fsp3) is 0.333. The molecule has 0 spiro atoms. The minimum Gasteiger partial charge on any atom is -0.497 e. The van der Waals surface area contributed by atoms with Crippen molar-refractivity contribution >= 4 is 29.2 Å². The highest BCUT2D eigenvalue weighted by atomic mass is 35.5. The van der Waals surface area contributed by atoms with E-state index >= 15 is 0 Å². The van der Waals surface area contributed by atoms with Gasteiger partial charge in [0.1, 0.15) is 12.2 Å². The van der Waals surface area contributed by atoms with Crippen LogP contribution in [0.4, 0.5) is 5.69 Å². The molecule has 0 heterocycles. The van der Waals surface area contributed by atoms with Gasteiger partial charge in [-0.25, -0.2) is 0 Å². The summed E-state index contributed by atoms with van der Waals surface area (Å²) in [5.74, 6) is -0.455. The van der Waals surface area contributed by atoms with E-state index in [0.717, 1.165) is 0 Å². The van der Waals surface area contributed by atoms with Crippen LogP contribution in [0.2, 0.25) is 5.02 Å². The lowest BCUT2D eigenvalue weighted by molar-refractivity contribution is -0.145. The molecule has 1 amide bonds. The maximum atomic E-state index is 11.5. The van der Waals surface area contributed by atoms with Crippen LogP contribution >= 0.6 is 11.6 Å². The second-order valence-corrected chi connectivity index (χ2v) is 3.78. The summed E-state index contributed by atoms with van der Waals surface area (Å²) >= 11 is 5.94. The van der Waals surface area contributed by atoms with Crippen LogP contribution < -0.4 is 10.1 Å². The highest BCUT2D eigenvalue weighted by Gasteiger charge is 2.12. The number of amides is 1. The van der Waals surface area contributed by atoms with Gasteiger partial charge in [-0.1, -0.05) is 11.6 Å². The van der Waals surface area contributed by atoms with Crippen molar-refractivity contribution in [3.63, 3.8) is 0 Å². The zero-order valence-electron chi connectivity index (χ0n) is 10.2. The molecule has 0 aliphatic rings. The van der Waals surface area contributed by atoms with Gasteiger partial charge in [-0.15, -0.1) is 0 Å². The van der Waals surface area contributed by atoms with Gasteiger partial charge in [0.25, 0.3) is 0 Å². The molecule has 98 valence electrons. The number of ether oxygens (including phenoxy) is 2. The summed E-state index contributed by atoms with van der Waals surface area (Å²) in [5, 5.41) is 2.86. The van der Waals surface area contributed by atoms with E-state index < -0.39 is 11.9 Å². The Hall–Kier alpha value is -1.75. The molecule has 0 aliphatic carbocycles. The molecule has 1 N–H and O–H groups in total. The van der Waals surface area contributed by atoms with Gasteiger partial charge in [0.15, 0.2) is 0 Å². The molecule has 0 atom stereocenters. The Bertz CT molecular complexity index is 448. The first-order valence-corrected chi connectivity index (χ1v) is 5.73. The predicted octanol–water partition coefficient (Wildman–Crippen LogP) is 2.24. The van der Waals surface area contributed by atoms with Crippen molar-refractivity contribution < 1.29 is 19.1 Å². The Morgan fingerprint density at radius 1 is 1.39 bits per heavy atom. The zero-order valence-corrected chi connectivity index (χ0v) is 10.9. The van der Waals surface area contributed by atoms with E-state index in [4.69, 9.17) is 16.3 Å². The maximum Gasteiger partial charge on any atom is 0.315 e. The lowest BCUT2D eigenvalue weighted by Crippen LogP contribution is -2.18. The Labute approximate surface area is 110 Å². The number of benzene rings is 1. The van der Waals surface area contributed by atoms with Gasteiger partial charge in [-0.05, 0) is 19.1 Å².